The Morgan fingerprint density at radius 2 is 1.82 bits per heavy atom. The van der Waals surface area contributed by atoms with E-state index in [0.717, 1.165) is 18.7 Å². The van der Waals surface area contributed by atoms with E-state index in [1.165, 1.54) is 5.56 Å². The third-order valence-corrected chi connectivity index (χ3v) is 2.71. The van der Waals surface area contributed by atoms with Gasteiger partial charge in [0.1, 0.15) is 0 Å². The molecule has 1 aromatic heterocycles. The molecule has 0 aliphatic heterocycles. The average Bonchev–Trinajstić information content (AvgIpc) is 2.41. The van der Waals surface area contributed by atoms with E-state index in [4.69, 9.17) is 4.74 Å². The Hall–Kier alpha value is -1.67. The topological polar surface area (TPSA) is 22.1 Å². The standard InChI is InChI=1S/C15H17NO/c1-13(15-9-5-6-11-16-15)17-12-10-14-7-3-2-4-8-14/h2-9,11,13H,10,12H2,1H3. The van der Waals surface area contributed by atoms with Gasteiger partial charge in [-0.15, -0.1) is 0 Å². The van der Waals surface area contributed by atoms with Crippen LogP contribution in [0.2, 0.25) is 0 Å². The summed E-state index contributed by atoms with van der Waals surface area (Å²) in [6.07, 6.45) is 2.80. The summed E-state index contributed by atoms with van der Waals surface area (Å²) in [5.74, 6) is 0. The number of pyridine rings is 1. The molecule has 0 aliphatic rings. The second-order valence-corrected chi connectivity index (χ2v) is 4.00. The van der Waals surface area contributed by atoms with E-state index >= 15 is 0 Å². The Bertz CT molecular complexity index is 427. The molecule has 1 unspecified atom stereocenters. The molecule has 0 fully saturated rings. The molecule has 0 bridgehead atoms. The molecule has 1 heterocycles. The Kier molecular flexibility index (Phi) is 4.28. The van der Waals surface area contributed by atoms with Crippen molar-refractivity contribution in [2.75, 3.05) is 6.61 Å². The van der Waals surface area contributed by atoms with E-state index in [1.807, 2.05) is 31.2 Å². The first-order valence-electron chi connectivity index (χ1n) is 5.93. The summed E-state index contributed by atoms with van der Waals surface area (Å²) in [4.78, 5) is 4.28. The third-order valence-electron chi connectivity index (χ3n) is 2.71. The summed E-state index contributed by atoms with van der Waals surface area (Å²) in [6, 6.07) is 16.3. The van der Waals surface area contributed by atoms with Crippen LogP contribution in [0.4, 0.5) is 0 Å². The first-order valence-corrected chi connectivity index (χ1v) is 5.93. The maximum atomic E-state index is 5.77. The minimum Gasteiger partial charge on any atom is -0.372 e. The van der Waals surface area contributed by atoms with Crippen LogP contribution in [-0.4, -0.2) is 11.6 Å². The number of nitrogens with zero attached hydrogens (tertiary/aromatic N) is 1. The van der Waals surface area contributed by atoms with Gasteiger partial charge in [0.15, 0.2) is 0 Å². The molecule has 2 nitrogen and oxygen atoms in total. The largest absolute Gasteiger partial charge is 0.372 e. The highest BCUT2D eigenvalue weighted by atomic mass is 16.5. The molecule has 0 amide bonds. The van der Waals surface area contributed by atoms with Gasteiger partial charge in [0.05, 0.1) is 18.4 Å². The molecular weight excluding hydrogens is 210 g/mol. The SMILES string of the molecule is CC(OCCc1ccccc1)c1ccccn1. The maximum Gasteiger partial charge on any atom is 0.0966 e. The second-order valence-electron chi connectivity index (χ2n) is 4.00. The molecule has 88 valence electrons. The maximum absolute atomic E-state index is 5.77. The van der Waals surface area contributed by atoms with Gasteiger partial charge >= 0.3 is 0 Å². The predicted octanol–water partition coefficient (Wildman–Crippen LogP) is 3.40. The lowest BCUT2D eigenvalue weighted by Crippen LogP contribution is -2.05. The molecule has 0 spiro atoms. The van der Waals surface area contributed by atoms with E-state index in [2.05, 4.69) is 29.2 Å². The normalized spacial score (nSPS) is 12.3. The van der Waals surface area contributed by atoms with Gasteiger partial charge in [-0.25, -0.2) is 0 Å². The number of rotatable bonds is 5. The molecule has 2 rings (SSSR count). The minimum absolute atomic E-state index is 0.0555. The average molecular weight is 227 g/mol. The van der Waals surface area contributed by atoms with E-state index in [9.17, 15) is 0 Å². The van der Waals surface area contributed by atoms with Crippen LogP contribution in [0.25, 0.3) is 0 Å². The molecule has 0 saturated heterocycles. The number of hydrogen-bond acceptors (Lipinski definition) is 2. The monoisotopic (exact) mass is 227 g/mol. The molecule has 1 aromatic carbocycles. The lowest BCUT2D eigenvalue weighted by molar-refractivity contribution is 0.0652. The predicted molar refractivity (Wildman–Crippen MR) is 68.8 cm³/mol. The lowest BCUT2D eigenvalue weighted by atomic mass is 10.2. The smallest absolute Gasteiger partial charge is 0.0966 e. The zero-order valence-corrected chi connectivity index (χ0v) is 10.0. The van der Waals surface area contributed by atoms with Crippen molar-refractivity contribution in [2.45, 2.75) is 19.4 Å². The highest BCUT2D eigenvalue weighted by Crippen LogP contribution is 2.13. The van der Waals surface area contributed by atoms with Gasteiger partial charge in [0.2, 0.25) is 0 Å². The number of ether oxygens (including phenoxy) is 1. The van der Waals surface area contributed by atoms with Crippen molar-refractivity contribution in [1.29, 1.82) is 0 Å². The Labute approximate surface area is 102 Å². The first kappa shape index (κ1) is 11.8. The summed E-state index contributed by atoms with van der Waals surface area (Å²) in [7, 11) is 0. The minimum atomic E-state index is 0.0555. The van der Waals surface area contributed by atoms with Crippen molar-refractivity contribution in [1.82, 2.24) is 4.98 Å². The van der Waals surface area contributed by atoms with Gasteiger partial charge in [-0.2, -0.15) is 0 Å². The van der Waals surface area contributed by atoms with Crippen LogP contribution in [0, 0.1) is 0 Å². The summed E-state index contributed by atoms with van der Waals surface area (Å²) < 4.78 is 5.77. The molecule has 0 saturated carbocycles. The van der Waals surface area contributed by atoms with Gasteiger partial charge in [0.25, 0.3) is 0 Å². The molecule has 2 heteroatoms. The van der Waals surface area contributed by atoms with Crippen molar-refractivity contribution in [2.24, 2.45) is 0 Å². The van der Waals surface area contributed by atoms with Crippen LogP contribution >= 0.6 is 0 Å². The Morgan fingerprint density at radius 1 is 1.06 bits per heavy atom. The second kappa shape index (κ2) is 6.16. The van der Waals surface area contributed by atoms with Crippen LogP contribution in [0.15, 0.2) is 54.7 Å². The van der Waals surface area contributed by atoms with Crippen LogP contribution in [0.5, 0.6) is 0 Å². The molecule has 2 aromatic rings. The summed E-state index contributed by atoms with van der Waals surface area (Å²) in [5, 5.41) is 0. The van der Waals surface area contributed by atoms with Gasteiger partial charge in [-0.05, 0) is 31.0 Å². The molecule has 0 aliphatic carbocycles. The summed E-state index contributed by atoms with van der Waals surface area (Å²) in [6.45, 7) is 2.76. The van der Waals surface area contributed by atoms with Crippen molar-refractivity contribution in [3.63, 3.8) is 0 Å². The van der Waals surface area contributed by atoms with Crippen molar-refractivity contribution in [3.8, 4) is 0 Å². The van der Waals surface area contributed by atoms with Crippen LogP contribution in [0.1, 0.15) is 24.3 Å². The fourth-order valence-electron chi connectivity index (χ4n) is 1.70. The van der Waals surface area contributed by atoms with Gasteiger partial charge < -0.3 is 4.74 Å². The highest BCUT2D eigenvalue weighted by Gasteiger charge is 2.05. The third kappa shape index (κ3) is 3.68. The Morgan fingerprint density at radius 3 is 2.53 bits per heavy atom. The zero-order valence-electron chi connectivity index (χ0n) is 10.0. The van der Waals surface area contributed by atoms with Crippen LogP contribution in [0.3, 0.4) is 0 Å². The number of benzene rings is 1. The van der Waals surface area contributed by atoms with Crippen molar-refractivity contribution < 1.29 is 4.74 Å². The molecular formula is C15H17NO. The fourth-order valence-corrected chi connectivity index (χ4v) is 1.70. The quantitative estimate of drug-likeness (QED) is 0.781. The molecule has 1 atom stereocenters. The lowest BCUT2D eigenvalue weighted by Gasteiger charge is -2.12. The summed E-state index contributed by atoms with van der Waals surface area (Å²) >= 11 is 0. The van der Waals surface area contributed by atoms with Gasteiger partial charge in [-0.1, -0.05) is 36.4 Å². The zero-order chi connectivity index (χ0) is 11.9. The molecule has 0 radical (unpaired) electrons. The van der Waals surface area contributed by atoms with E-state index in [1.54, 1.807) is 6.20 Å². The fraction of sp³-hybridized carbons (Fsp3) is 0.267. The van der Waals surface area contributed by atoms with Crippen molar-refractivity contribution >= 4 is 0 Å². The number of aromatic nitrogens is 1. The van der Waals surface area contributed by atoms with E-state index < -0.39 is 0 Å². The van der Waals surface area contributed by atoms with E-state index in [-0.39, 0.29) is 6.10 Å². The first-order chi connectivity index (χ1) is 8.36. The van der Waals surface area contributed by atoms with Crippen LogP contribution < -0.4 is 0 Å². The molecule has 0 N–H and O–H groups in total. The van der Waals surface area contributed by atoms with Gasteiger partial charge in [-0.3, -0.25) is 4.98 Å². The van der Waals surface area contributed by atoms with E-state index in [0.29, 0.717) is 0 Å². The molecule has 17 heavy (non-hydrogen) atoms. The van der Waals surface area contributed by atoms with Crippen LogP contribution in [-0.2, 0) is 11.2 Å². The van der Waals surface area contributed by atoms with Gasteiger partial charge in [0, 0.05) is 6.20 Å². The van der Waals surface area contributed by atoms with Crippen molar-refractivity contribution in [3.05, 3.63) is 66.0 Å². The number of hydrogen-bond donors (Lipinski definition) is 0. The summed E-state index contributed by atoms with van der Waals surface area (Å²) in [5.41, 5.74) is 2.29. The highest BCUT2D eigenvalue weighted by molar-refractivity contribution is 5.14. The Balaban J connectivity index is 1.79.